The summed E-state index contributed by atoms with van der Waals surface area (Å²) in [5.74, 6) is -0.266. The third-order valence-corrected chi connectivity index (χ3v) is 3.60. The Bertz CT molecular complexity index is 660. The van der Waals surface area contributed by atoms with Gasteiger partial charge in [0.1, 0.15) is 0 Å². The van der Waals surface area contributed by atoms with Crippen molar-refractivity contribution in [3.63, 3.8) is 0 Å². The van der Waals surface area contributed by atoms with E-state index in [4.69, 9.17) is 4.74 Å². The van der Waals surface area contributed by atoms with Crippen molar-refractivity contribution >= 4 is 28.7 Å². The fourth-order valence-electron chi connectivity index (χ4n) is 2.05. The summed E-state index contributed by atoms with van der Waals surface area (Å²) in [5, 5.41) is 6.66. The molecule has 0 aliphatic carbocycles. The third-order valence-electron chi connectivity index (χ3n) is 2.80. The first-order valence-corrected chi connectivity index (χ1v) is 7.92. The number of anilines is 1. The Morgan fingerprint density at radius 3 is 2.77 bits per heavy atom. The Kier molecular flexibility index (Phi) is 5.66. The van der Waals surface area contributed by atoms with E-state index in [0.717, 1.165) is 5.56 Å². The highest BCUT2D eigenvalue weighted by Crippen LogP contribution is 2.16. The summed E-state index contributed by atoms with van der Waals surface area (Å²) in [4.78, 5) is 15.7. The molecule has 1 aromatic carbocycles. The van der Waals surface area contributed by atoms with Crippen molar-refractivity contribution in [1.29, 1.82) is 0 Å². The minimum absolute atomic E-state index is 0.187. The number of aromatic nitrogens is 1. The van der Waals surface area contributed by atoms with Crippen LogP contribution in [0.2, 0.25) is 0 Å². The molecule has 1 aromatic heterocycles. The largest absolute Gasteiger partial charge is 0.466 e. The van der Waals surface area contributed by atoms with Crippen molar-refractivity contribution in [1.82, 2.24) is 4.98 Å². The second kappa shape index (κ2) is 7.70. The first kappa shape index (κ1) is 16.2. The Labute approximate surface area is 134 Å². The number of nitrogens with zero attached hydrogens (tertiary/aromatic N) is 2. The zero-order valence-electron chi connectivity index (χ0n) is 12.9. The highest BCUT2D eigenvalue weighted by Gasteiger charge is 2.07. The molecule has 1 heterocycles. The van der Waals surface area contributed by atoms with Crippen LogP contribution >= 0.6 is 11.3 Å². The summed E-state index contributed by atoms with van der Waals surface area (Å²) < 4.78 is 4.89. The monoisotopic (exact) mass is 317 g/mol. The lowest BCUT2D eigenvalue weighted by Gasteiger charge is -1.99. The van der Waals surface area contributed by atoms with Crippen molar-refractivity contribution in [3.8, 4) is 0 Å². The molecule has 0 radical (unpaired) electrons. The number of rotatable bonds is 6. The van der Waals surface area contributed by atoms with Crippen LogP contribution < -0.4 is 5.43 Å². The Morgan fingerprint density at radius 1 is 1.36 bits per heavy atom. The van der Waals surface area contributed by atoms with Crippen LogP contribution in [0.1, 0.15) is 29.3 Å². The SMILES string of the molecule is CCOC(=O)Cc1csc(NN=Cc2cc(C)cc(C)c2)n1. The van der Waals surface area contributed by atoms with Gasteiger partial charge in [0.05, 0.1) is 24.9 Å². The Hall–Kier alpha value is -2.21. The average Bonchev–Trinajstić information content (AvgIpc) is 2.85. The Morgan fingerprint density at radius 2 is 2.09 bits per heavy atom. The quantitative estimate of drug-likeness (QED) is 0.504. The van der Waals surface area contributed by atoms with E-state index in [2.05, 4.69) is 47.6 Å². The van der Waals surface area contributed by atoms with Crippen LogP contribution in [-0.2, 0) is 16.0 Å². The molecule has 0 unspecified atom stereocenters. The third kappa shape index (κ3) is 4.96. The van der Waals surface area contributed by atoms with Gasteiger partial charge in [-0.3, -0.25) is 10.2 Å². The molecule has 5 nitrogen and oxygen atoms in total. The lowest BCUT2D eigenvalue weighted by atomic mass is 10.1. The number of carbonyl (C=O) groups excluding carboxylic acids is 1. The highest BCUT2D eigenvalue weighted by molar-refractivity contribution is 7.13. The van der Waals surface area contributed by atoms with Crippen molar-refractivity contribution in [2.24, 2.45) is 5.10 Å². The first-order chi connectivity index (χ1) is 10.6. The molecule has 0 spiro atoms. The van der Waals surface area contributed by atoms with E-state index in [1.165, 1.54) is 22.5 Å². The number of hydrogen-bond donors (Lipinski definition) is 1. The van der Waals surface area contributed by atoms with Crippen molar-refractivity contribution in [2.45, 2.75) is 27.2 Å². The van der Waals surface area contributed by atoms with Crippen LogP contribution in [0.25, 0.3) is 0 Å². The number of benzene rings is 1. The second-order valence-electron chi connectivity index (χ2n) is 4.92. The second-order valence-corrected chi connectivity index (χ2v) is 5.77. The van der Waals surface area contributed by atoms with Crippen LogP contribution in [0, 0.1) is 13.8 Å². The summed E-state index contributed by atoms with van der Waals surface area (Å²) in [7, 11) is 0. The van der Waals surface area contributed by atoms with Crippen molar-refractivity contribution in [3.05, 3.63) is 46.0 Å². The fourth-order valence-corrected chi connectivity index (χ4v) is 2.70. The predicted octanol–water partition coefficient (Wildman–Crippen LogP) is 3.31. The molecule has 0 aliphatic rings. The van der Waals surface area contributed by atoms with Gasteiger partial charge in [0.15, 0.2) is 0 Å². The number of esters is 1. The number of ether oxygens (including phenoxy) is 1. The van der Waals surface area contributed by atoms with Gasteiger partial charge < -0.3 is 4.74 Å². The van der Waals surface area contributed by atoms with Gasteiger partial charge in [0.25, 0.3) is 0 Å². The van der Waals surface area contributed by atoms with Gasteiger partial charge in [-0.25, -0.2) is 4.98 Å². The number of carbonyl (C=O) groups is 1. The molecular weight excluding hydrogens is 298 g/mol. The first-order valence-electron chi connectivity index (χ1n) is 7.04. The van der Waals surface area contributed by atoms with E-state index in [1.54, 1.807) is 13.1 Å². The minimum atomic E-state index is -0.266. The van der Waals surface area contributed by atoms with Gasteiger partial charge in [0, 0.05) is 5.38 Å². The van der Waals surface area contributed by atoms with Crippen LogP contribution in [0.15, 0.2) is 28.7 Å². The zero-order valence-corrected chi connectivity index (χ0v) is 13.7. The van der Waals surface area contributed by atoms with Gasteiger partial charge >= 0.3 is 5.97 Å². The molecule has 0 saturated heterocycles. The van der Waals surface area contributed by atoms with E-state index in [0.29, 0.717) is 17.4 Å². The van der Waals surface area contributed by atoms with E-state index < -0.39 is 0 Å². The van der Waals surface area contributed by atoms with Crippen LogP contribution in [0.3, 0.4) is 0 Å². The van der Waals surface area contributed by atoms with E-state index in [1.807, 2.05) is 5.38 Å². The fraction of sp³-hybridized carbons (Fsp3) is 0.312. The summed E-state index contributed by atoms with van der Waals surface area (Å²) in [6.45, 7) is 6.28. The lowest BCUT2D eigenvalue weighted by Crippen LogP contribution is -2.07. The van der Waals surface area contributed by atoms with Crippen LogP contribution in [-0.4, -0.2) is 23.8 Å². The van der Waals surface area contributed by atoms with E-state index >= 15 is 0 Å². The van der Waals surface area contributed by atoms with Crippen LogP contribution in [0.5, 0.6) is 0 Å². The van der Waals surface area contributed by atoms with Gasteiger partial charge in [-0.15, -0.1) is 11.3 Å². The maximum atomic E-state index is 11.4. The molecule has 116 valence electrons. The molecule has 0 fully saturated rings. The zero-order chi connectivity index (χ0) is 15.9. The smallest absolute Gasteiger partial charge is 0.311 e. The lowest BCUT2D eigenvalue weighted by molar-refractivity contribution is -0.142. The number of thiazole rings is 1. The molecule has 0 amide bonds. The molecule has 1 N–H and O–H groups in total. The molecular formula is C16H19N3O2S. The number of aryl methyl sites for hydroxylation is 2. The molecule has 0 bridgehead atoms. The Balaban J connectivity index is 1.93. The molecule has 0 aliphatic heterocycles. The van der Waals surface area contributed by atoms with E-state index in [-0.39, 0.29) is 12.4 Å². The molecule has 0 atom stereocenters. The summed E-state index contributed by atoms with van der Waals surface area (Å²) in [5.41, 5.74) is 7.01. The molecule has 0 saturated carbocycles. The molecule has 2 aromatic rings. The maximum absolute atomic E-state index is 11.4. The topological polar surface area (TPSA) is 63.6 Å². The molecule has 6 heteroatoms. The molecule has 22 heavy (non-hydrogen) atoms. The van der Waals surface area contributed by atoms with Gasteiger partial charge in [-0.1, -0.05) is 29.3 Å². The van der Waals surface area contributed by atoms with Gasteiger partial charge in [-0.05, 0) is 26.3 Å². The highest BCUT2D eigenvalue weighted by atomic mass is 32.1. The average molecular weight is 317 g/mol. The summed E-state index contributed by atoms with van der Waals surface area (Å²) in [6.07, 6.45) is 1.94. The minimum Gasteiger partial charge on any atom is -0.466 e. The standard InChI is InChI=1S/C16H19N3O2S/c1-4-21-15(20)8-14-10-22-16(18-14)19-17-9-13-6-11(2)5-12(3)7-13/h5-7,9-10H,4,8H2,1-3H3,(H,18,19). The normalized spacial score (nSPS) is 10.9. The number of nitrogens with one attached hydrogen (secondary N) is 1. The van der Waals surface area contributed by atoms with Gasteiger partial charge in [0.2, 0.25) is 5.13 Å². The number of hydrazone groups is 1. The number of hydrogen-bond acceptors (Lipinski definition) is 6. The molecule has 2 rings (SSSR count). The predicted molar refractivity (Wildman–Crippen MR) is 89.6 cm³/mol. The van der Waals surface area contributed by atoms with E-state index in [9.17, 15) is 4.79 Å². The van der Waals surface area contributed by atoms with Crippen molar-refractivity contribution < 1.29 is 9.53 Å². The maximum Gasteiger partial charge on any atom is 0.311 e. The summed E-state index contributed by atoms with van der Waals surface area (Å²) in [6, 6.07) is 6.24. The van der Waals surface area contributed by atoms with Crippen molar-refractivity contribution in [2.75, 3.05) is 12.0 Å². The summed E-state index contributed by atoms with van der Waals surface area (Å²) >= 11 is 1.41. The van der Waals surface area contributed by atoms with Crippen LogP contribution in [0.4, 0.5) is 5.13 Å². The van der Waals surface area contributed by atoms with Gasteiger partial charge in [-0.2, -0.15) is 5.10 Å².